The van der Waals surface area contributed by atoms with E-state index >= 15 is 0 Å². The van der Waals surface area contributed by atoms with Crippen molar-refractivity contribution in [2.24, 2.45) is 0 Å². The molecular formula is C26H31N3O2. The number of benzene rings is 2. The van der Waals surface area contributed by atoms with Crippen LogP contribution in [-0.4, -0.2) is 71.1 Å². The van der Waals surface area contributed by atoms with Crippen LogP contribution in [0, 0.1) is 6.92 Å². The molecule has 1 saturated heterocycles. The van der Waals surface area contributed by atoms with Gasteiger partial charge in [-0.3, -0.25) is 9.69 Å². The average Bonchev–Trinajstić information content (AvgIpc) is 3.11. The van der Waals surface area contributed by atoms with Crippen LogP contribution >= 0.6 is 0 Å². The number of para-hydroxylation sites is 1. The highest BCUT2D eigenvalue weighted by molar-refractivity contribution is 6.07. The Balaban J connectivity index is 1.49. The van der Waals surface area contributed by atoms with E-state index in [0.717, 1.165) is 48.2 Å². The van der Waals surface area contributed by atoms with E-state index in [1.807, 2.05) is 55.6 Å². The lowest BCUT2D eigenvalue weighted by molar-refractivity contribution is 0.0717. The topological polar surface area (TPSA) is 48.7 Å². The highest BCUT2D eigenvalue weighted by Crippen LogP contribution is 2.23. The average molecular weight is 418 g/mol. The number of allylic oxidation sites excluding steroid dienone is 1. The van der Waals surface area contributed by atoms with E-state index in [0.29, 0.717) is 18.7 Å². The van der Waals surface area contributed by atoms with Crippen molar-refractivity contribution in [3.63, 3.8) is 0 Å². The molecule has 0 bridgehead atoms. The molecule has 2 aromatic carbocycles. The Bertz CT molecular complexity index is 1060. The van der Waals surface area contributed by atoms with Crippen molar-refractivity contribution in [1.82, 2.24) is 14.4 Å². The summed E-state index contributed by atoms with van der Waals surface area (Å²) in [5.74, 6) is -0.00747. The lowest BCUT2D eigenvalue weighted by Gasteiger charge is -2.33. The van der Waals surface area contributed by atoms with Gasteiger partial charge in [0.15, 0.2) is 5.78 Å². The molecule has 0 unspecified atom stereocenters. The Hall–Kier alpha value is -2.73. The molecular weight excluding hydrogens is 386 g/mol. The van der Waals surface area contributed by atoms with Gasteiger partial charge in [0.2, 0.25) is 0 Å². The van der Waals surface area contributed by atoms with Gasteiger partial charge in [-0.1, -0.05) is 48.0 Å². The predicted molar refractivity (Wildman–Crippen MR) is 126 cm³/mol. The number of ketones is 1. The van der Waals surface area contributed by atoms with Crippen LogP contribution in [0.15, 0.2) is 60.8 Å². The maximum Gasteiger partial charge on any atom is 0.185 e. The zero-order valence-electron chi connectivity index (χ0n) is 18.4. The zero-order chi connectivity index (χ0) is 21.8. The van der Waals surface area contributed by atoms with E-state index < -0.39 is 6.10 Å². The number of nitrogens with zero attached hydrogens (tertiary/aromatic N) is 3. The van der Waals surface area contributed by atoms with Crippen molar-refractivity contribution >= 4 is 22.8 Å². The van der Waals surface area contributed by atoms with Gasteiger partial charge in [-0.25, -0.2) is 0 Å². The minimum atomic E-state index is -0.440. The molecule has 1 aliphatic heterocycles. The minimum Gasteiger partial charge on any atom is -0.390 e. The number of aromatic nitrogens is 1. The van der Waals surface area contributed by atoms with Crippen molar-refractivity contribution in [2.75, 3.05) is 39.8 Å². The molecule has 3 aromatic rings. The van der Waals surface area contributed by atoms with E-state index in [1.165, 1.54) is 0 Å². The van der Waals surface area contributed by atoms with Crippen LogP contribution in [0.4, 0.5) is 0 Å². The molecule has 0 saturated carbocycles. The number of piperazine rings is 1. The van der Waals surface area contributed by atoms with Crippen LogP contribution in [0.25, 0.3) is 17.0 Å². The Morgan fingerprint density at radius 1 is 1.03 bits per heavy atom. The van der Waals surface area contributed by atoms with Crippen LogP contribution in [-0.2, 0) is 6.54 Å². The van der Waals surface area contributed by atoms with Crippen molar-refractivity contribution in [2.45, 2.75) is 19.6 Å². The molecule has 1 atom stereocenters. The van der Waals surface area contributed by atoms with Crippen molar-refractivity contribution in [3.05, 3.63) is 77.5 Å². The Kier molecular flexibility index (Phi) is 6.66. The van der Waals surface area contributed by atoms with Crippen LogP contribution in [0.1, 0.15) is 21.5 Å². The van der Waals surface area contributed by atoms with Gasteiger partial charge in [0.1, 0.15) is 0 Å². The number of fused-ring (bicyclic) bond motifs is 1. The van der Waals surface area contributed by atoms with Gasteiger partial charge < -0.3 is 14.6 Å². The van der Waals surface area contributed by atoms with E-state index in [2.05, 4.69) is 33.5 Å². The van der Waals surface area contributed by atoms with Gasteiger partial charge in [-0.05, 0) is 32.2 Å². The van der Waals surface area contributed by atoms with Crippen LogP contribution in [0.3, 0.4) is 0 Å². The first-order valence-corrected chi connectivity index (χ1v) is 11.0. The Labute approximate surface area is 184 Å². The number of carbonyl (C=O) groups is 1. The number of β-amino-alcohol motifs (C(OH)–C–C–N with tert-alkyl or cyclic N) is 1. The first kappa shape index (κ1) is 21.5. The Morgan fingerprint density at radius 3 is 2.48 bits per heavy atom. The fourth-order valence-corrected chi connectivity index (χ4v) is 4.15. The second kappa shape index (κ2) is 9.60. The zero-order valence-corrected chi connectivity index (χ0v) is 18.4. The standard InChI is InChI=1S/C26H31N3O2/c1-20-7-9-21(10-8-20)26(31)12-11-22-17-29(25-6-4-3-5-24(22)25)19-23(30)18-28-15-13-27(2)14-16-28/h3-12,17,23,30H,13-16,18-19H2,1-2H3/b12-11+/t23-/m0/s1. The van der Waals surface area contributed by atoms with Gasteiger partial charge in [0.25, 0.3) is 0 Å². The lowest BCUT2D eigenvalue weighted by Crippen LogP contribution is -2.47. The largest absolute Gasteiger partial charge is 0.390 e. The van der Waals surface area contributed by atoms with Crippen LogP contribution < -0.4 is 0 Å². The number of rotatable bonds is 7. The molecule has 0 spiro atoms. The summed E-state index contributed by atoms with van der Waals surface area (Å²) in [4.78, 5) is 17.2. The molecule has 0 radical (unpaired) electrons. The number of hydrogen-bond acceptors (Lipinski definition) is 4. The predicted octanol–water partition coefficient (Wildman–Crippen LogP) is 3.45. The molecule has 0 aliphatic carbocycles. The van der Waals surface area contributed by atoms with Crippen molar-refractivity contribution in [1.29, 1.82) is 0 Å². The van der Waals surface area contributed by atoms with Gasteiger partial charge >= 0.3 is 0 Å². The maximum atomic E-state index is 12.6. The fraction of sp³-hybridized carbons (Fsp3) is 0.346. The number of aliphatic hydroxyl groups excluding tert-OH is 1. The summed E-state index contributed by atoms with van der Waals surface area (Å²) >= 11 is 0. The number of aliphatic hydroxyl groups is 1. The second-order valence-electron chi connectivity index (χ2n) is 8.58. The number of likely N-dealkylation sites (N-methyl/N-ethyl adjacent to an activating group) is 1. The van der Waals surface area contributed by atoms with E-state index in [4.69, 9.17) is 0 Å². The summed E-state index contributed by atoms with van der Waals surface area (Å²) in [6, 6.07) is 15.8. The van der Waals surface area contributed by atoms with E-state index in [1.54, 1.807) is 6.08 Å². The third-order valence-electron chi connectivity index (χ3n) is 6.04. The van der Waals surface area contributed by atoms with Gasteiger partial charge in [0, 0.05) is 67.5 Å². The third-order valence-corrected chi connectivity index (χ3v) is 6.04. The molecule has 1 aliphatic rings. The first-order chi connectivity index (χ1) is 15.0. The molecule has 0 amide bonds. The molecule has 1 aromatic heterocycles. The summed E-state index contributed by atoms with van der Waals surface area (Å²) in [5.41, 5.74) is 3.89. The molecule has 162 valence electrons. The molecule has 5 nitrogen and oxygen atoms in total. The molecule has 4 rings (SSSR count). The quantitative estimate of drug-likeness (QED) is 0.473. The smallest absolute Gasteiger partial charge is 0.185 e. The van der Waals surface area contributed by atoms with Gasteiger partial charge in [-0.2, -0.15) is 0 Å². The summed E-state index contributed by atoms with van der Waals surface area (Å²) in [5, 5.41) is 11.8. The summed E-state index contributed by atoms with van der Waals surface area (Å²) < 4.78 is 2.10. The Morgan fingerprint density at radius 2 is 1.74 bits per heavy atom. The molecule has 2 heterocycles. The number of aryl methyl sites for hydroxylation is 1. The summed E-state index contributed by atoms with van der Waals surface area (Å²) in [6.07, 6.45) is 5.12. The van der Waals surface area contributed by atoms with Crippen molar-refractivity contribution < 1.29 is 9.90 Å². The summed E-state index contributed by atoms with van der Waals surface area (Å²) in [6.45, 7) is 7.30. The summed E-state index contributed by atoms with van der Waals surface area (Å²) in [7, 11) is 2.14. The van der Waals surface area contributed by atoms with E-state index in [9.17, 15) is 9.90 Å². The van der Waals surface area contributed by atoms with Crippen molar-refractivity contribution in [3.8, 4) is 0 Å². The van der Waals surface area contributed by atoms with Gasteiger partial charge in [-0.15, -0.1) is 0 Å². The van der Waals surface area contributed by atoms with E-state index in [-0.39, 0.29) is 5.78 Å². The molecule has 1 N–H and O–H groups in total. The first-order valence-electron chi connectivity index (χ1n) is 11.0. The molecule has 31 heavy (non-hydrogen) atoms. The van der Waals surface area contributed by atoms with Crippen LogP contribution in [0.5, 0.6) is 0 Å². The van der Waals surface area contributed by atoms with Gasteiger partial charge in [0.05, 0.1) is 6.10 Å². The monoisotopic (exact) mass is 417 g/mol. The third kappa shape index (κ3) is 5.31. The normalized spacial score (nSPS) is 16.9. The molecule has 1 fully saturated rings. The fourth-order valence-electron chi connectivity index (χ4n) is 4.15. The highest BCUT2D eigenvalue weighted by Gasteiger charge is 2.18. The second-order valence-corrected chi connectivity index (χ2v) is 8.58. The number of carbonyl (C=O) groups excluding carboxylic acids is 1. The SMILES string of the molecule is Cc1ccc(C(=O)/C=C/c2cn(C[C@@H](O)CN3CCN(C)CC3)c3ccccc23)cc1. The van der Waals surface area contributed by atoms with Crippen LogP contribution in [0.2, 0.25) is 0 Å². The minimum absolute atomic E-state index is 0.00747. The highest BCUT2D eigenvalue weighted by atomic mass is 16.3. The number of hydrogen-bond donors (Lipinski definition) is 1. The lowest BCUT2D eigenvalue weighted by atomic mass is 10.1. The maximum absolute atomic E-state index is 12.6. The molecule has 5 heteroatoms.